The SMILES string of the molecule is COC(=O)c1ccc(NC(=O)CN2C(=O)S[C@@H]([C@H]3SC(=O)NC3=O)C2=O)cc1. The van der Waals surface area contributed by atoms with Gasteiger partial charge in [-0.05, 0) is 47.8 Å². The first-order valence-electron chi connectivity index (χ1n) is 7.82. The molecule has 12 heteroatoms. The number of thioether (sulfide) groups is 2. The Hall–Kier alpha value is -2.86. The number of hydrogen-bond acceptors (Lipinski definition) is 9. The number of carbonyl (C=O) groups is 6. The number of rotatable bonds is 5. The Bertz CT molecular complexity index is 887. The maximum atomic E-state index is 12.4. The number of methoxy groups -OCH3 is 1. The predicted octanol–water partition coefficient (Wildman–Crippen LogP) is 0.827. The first-order valence-corrected chi connectivity index (χ1v) is 9.58. The van der Waals surface area contributed by atoms with Crippen LogP contribution in [0.25, 0.3) is 0 Å². The molecule has 0 unspecified atom stereocenters. The molecule has 0 bridgehead atoms. The molecule has 10 nitrogen and oxygen atoms in total. The Balaban J connectivity index is 1.61. The van der Waals surface area contributed by atoms with Gasteiger partial charge in [0.2, 0.25) is 17.7 Å². The molecule has 0 aromatic heterocycles. The van der Waals surface area contributed by atoms with Gasteiger partial charge >= 0.3 is 5.97 Å². The second-order valence-electron chi connectivity index (χ2n) is 5.66. The van der Waals surface area contributed by atoms with Gasteiger partial charge in [-0.3, -0.25) is 34.2 Å². The topological polar surface area (TPSA) is 139 Å². The number of anilines is 1. The fourth-order valence-electron chi connectivity index (χ4n) is 2.52. The molecule has 0 spiro atoms. The van der Waals surface area contributed by atoms with Crippen LogP contribution in [0.15, 0.2) is 24.3 Å². The maximum Gasteiger partial charge on any atom is 0.337 e. The molecule has 1 aromatic rings. The quantitative estimate of drug-likeness (QED) is 0.659. The lowest BCUT2D eigenvalue weighted by Gasteiger charge is -2.15. The summed E-state index contributed by atoms with van der Waals surface area (Å²) in [5.74, 6) is -2.49. The molecule has 2 atom stereocenters. The highest BCUT2D eigenvalue weighted by molar-refractivity contribution is 8.19. The van der Waals surface area contributed by atoms with E-state index < -0.39 is 51.2 Å². The normalized spacial score (nSPS) is 21.7. The van der Waals surface area contributed by atoms with Gasteiger partial charge < -0.3 is 10.1 Å². The summed E-state index contributed by atoms with van der Waals surface area (Å²) >= 11 is 1.26. The Kier molecular flexibility index (Phi) is 5.70. The van der Waals surface area contributed by atoms with Crippen LogP contribution in [0.4, 0.5) is 15.3 Å². The van der Waals surface area contributed by atoms with Crippen LogP contribution in [0.3, 0.4) is 0 Å². The van der Waals surface area contributed by atoms with Crippen molar-refractivity contribution in [3.05, 3.63) is 29.8 Å². The fraction of sp³-hybridized carbons (Fsp3) is 0.250. The van der Waals surface area contributed by atoms with Gasteiger partial charge in [0.1, 0.15) is 17.0 Å². The number of carbonyl (C=O) groups excluding carboxylic acids is 6. The van der Waals surface area contributed by atoms with Gasteiger partial charge in [-0.25, -0.2) is 4.79 Å². The number of hydrogen-bond donors (Lipinski definition) is 2. The highest BCUT2D eigenvalue weighted by atomic mass is 32.2. The van der Waals surface area contributed by atoms with Crippen LogP contribution in [0.5, 0.6) is 0 Å². The Morgan fingerprint density at radius 1 is 1.11 bits per heavy atom. The largest absolute Gasteiger partial charge is 0.465 e. The monoisotopic (exact) mass is 423 g/mol. The number of benzene rings is 1. The molecule has 1 aromatic carbocycles. The standard InChI is InChI=1S/C16H13N3O7S2/c1-26-14(23)7-2-4-8(5-3-7)17-9(20)6-19-13(22)11(28-16(19)25)10-12(21)18-15(24)27-10/h2-5,10-11H,6H2,1H3,(H,17,20)(H,18,21,24)/t10-,11+/m1/s1. The summed E-state index contributed by atoms with van der Waals surface area (Å²) in [7, 11) is 1.25. The van der Waals surface area contributed by atoms with Crippen molar-refractivity contribution in [2.75, 3.05) is 19.0 Å². The van der Waals surface area contributed by atoms with Crippen LogP contribution in [0.1, 0.15) is 10.4 Å². The van der Waals surface area contributed by atoms with Crippen LogP contribution in [-0.2, 0) is 19.1 Å². The van der Waals surface area contributed by atoms with E-state index in [1.165, 1.54) is 31.4 Å². The molecule has 0 radical (unpaired) electrons. The molecule has 2 saturated heterocycles. The van der Waals surface area contributed by atoms with Gasteiger partial charge in [0, 0.05) is 5.69 Å². The third-order valence-corrected chi connectivity index (χ3v) is 6.22. The van der Waals surface area contributed by atoms with E-state index in [1.807, 2.05) is 0 Å². The second kappa shape index (κ2) is 8.02. The lowest BCUT2D eigenvalue weighted by molar-refractivity contribution is -0.131. The van der Waals surface area contributed by atoms with E-state index >= 15 is 0 Å². The van der Waals surface area contributed by atoms with Crippen molar-refractivity contribution in [3.8, 4) is 0 Å². The summed E-state index contributed by atoms with van der Waals surface area (Å²) in [6.07, 6.45) is 0. The number of esters is 1. The molecule has 0 aliphatic carbocycles. The zero-order valence-electron chi connectivity index (χ0n) is 14.3. The van der Waals surface area contributed by atoms with Gasteiger partial charge in [0.25, 0.3) is 10.5 Å². The molecule has 0 saturated carbocycles. The van der Waals surface area contributed by atoms with Gasteiger partial charge in [0.05, 0.1) is 12.7 Å². The van der Waals surface area contributed by atoms with E-state index in [-0.39, 0.29) is 0 Å². The molecule has 5 amide bonds. The van der Waals surface area contributed by atoms with Gasteiger partial charge in [-0.1, -0.05) is 0 Å². The smallest absolute Gasteiger partial charge is 0.337 e. The van der Waals surface area contributed by atoms with Crippen molar-refractivity contribution < 1.29 is 33.5 Å². The molecule has 2 N–H and O–H groups in total. The number of nitrogens with one attached hydrogen (secondary N) is 2. The predicted molar refractivity (Wildman–Crippen MR) is 99.8 cm³/mol. The van der Waals surface area contributed by atoms with Gasteiger partial charge in [0.15, 0.2) is 0 Å². The van der Waals surface area contributed by atoms with E-state index in [0.29, 0.717) is 34.8 Å². The first-order chi connectivity index (χ1) is 13.3. The highest BCUT2D eigenvalue weighted by Crippen LogP contribution is 2.36. The minimum atomic E-state index is -1.06. The van der Waals surface area contributed by atoms with Gasteiger partial charge in [-0.2, -0.15) is 0 Å². The van der Waals surface area contributed by atoms with Crippen LogP contribution in [0.2, 0.25) is 0 Å². The molecule has 2 aliphatic heterocycles. The Morgan fingerprint density at radius 2 is 1.79 bits per heavy atom. The molecule has 3 rings (SSSR count). The summed E-state index contributed by atoms with van der Waals surface area (Å²) in [6, 6.07) is 5.85. The summed E-state index contributed by atoms with van der Waals surface area (Å²) in [5, 5.41) is 1.26. The van der Waals surface area contributed by atoms with E-state index in [9.17, 15) is 28.8 Å². The molecule has 146 valence electrons. The van der Waals surface area contributed by atoms with E-state index in [1.54, 1.807) is 0 Å². The summed E-state index contributed by atoms with van der Waals surface area (Å²) in [6.45, 7) is -0.535. The van der Waals surface area contributed by atoms with Gasteiger partial charge in [-0.15, -0.1) is 0 Å². The summed E-state index contributed by atoms with van der Waals surface area (Å²) in [5.41, 5.74) is 0.656. The average Bonchev–Trinajstić information content (AvgIpc) is 3.14. The van der Waals surface area contributed by atoms with E-state index in [4.69, 9.17) is 0 Å². The van der Waals surface area contributed by atoms with Crippen molar-refractivity contribution in [1.82, 2.24) is 10.2 Å². The van der Waals surface area contributed by atoms with Crippen LogP contribution in [-0.4, -0.2) is 63.2 Å². The lowest BCUT2D eigenvalue weighted by atomic mass is 10.2. The van der Waals surface area contributed by atoms with Crippen LogP contribution < -0.4 is 10.6 Å². The van der Waals surface area contributed by atoms with Crippen LogP contribution >= 0.6 is 23.5 Å². The van der Waals surface area contributed by atoms with E-state index in [2.05, 4.69) is 15.4 Å². The molecule has 2 fully saturated rings. The highest BCUT2D eigenvalue weighted by Gasteiger charge is 2.50. The summed E-state index contributed by atoms with van der Waals surface area (Å²) in [4.78, 5) is 71.9. The average molecular weight is 423 g/mol. The van der Waals surface area contributed by atoms with Crippen molar-refractivity contribution in [2.45, 2.75) is 10.5 Å². The van der Waals surface area contributed by atoms with Crippen LogP contribution in [0, 0.1) is 0 Å². The number of nitrogens with zero attached hydrogens (tertiary/aromatic N) is 1. The van der Waals surface area contributed by atoms with Crippen molar-refractivity contribution in [3.63, 3.8) is 0 Å². The minimum absolute atomic E-state index is 0.298. The number of ether oxygens (including phenoxy) is 1. The number of amides is 5. The van der Waals surface area contributed by atoms with E-state index in [0.717, 1.165) is 4.90 Å². The Morgan fingerprint density at radius 3 is 2.36 bits per heavy atom. The minimum Gasteiger partial charge on any atom is -0.465 e. The first kappa shape index (κ1) is 19.9. The lowest BCUT2D eigenvalue weighted by Crippen LogP contribution is -2.42. The summed E-state index contributed by atoms with van der Waals surface area (Å²) < 4.78 is 4.57. The second-order valence-corrected chi connectivity index (χ2v) is 7.87. The zero-order chi connectivity index (χ0) is 20.4. The van der Waals surface area contributed by atoms with Crippen molar-refractivity contribution >= 4 is 63.4 Å². The maximum absolute atomic E-state index is 12.4. The molecule has 2 heterocycles. The molecule has 28 heavy (non-hydrogen) atoms. The molecular formula is C16H13N3O7S2. The Labute approximate surface area is 166 Å². The third-order valence-electron chi connectivity index (χ3n) is 3.84. The van der Waals surface area contributed by atoms with Crippen molar-refractivity contribution in [1.29, 1.82) is 0 Å². The van der Waals surface area contributed by atoms with Crippen molar-refractivity contribution in [2.24, 2.45) is 0 Å². The fourth-order valence-corrected chi connectivity index (χ4v) is 4.62. The third kappa shape index (κ3) is 4.02. The molecular weight excluding hydrogens is 410 g/mol. The zero-order valence-corrected chi connectivity index (χ0v) is 15.9. The molecule has 2 aliphatic rings. The number of imide groups is 2.